The van der Waals surface area contributed by atoms with Gasteiger partial charge in [-0.1, -0.05) is 19.1 Å². The van der Waals surface area contributed by atoms with Gasteiger partial charge in [-0.15, -0.1) is 0 Å². The summed E-state index contributed by atoms with van der Waals surface area (Å²) in [5, 5.41) is 4.81. The monoisotopic (exact) mass is 425 g/mol. The summed E-state index contributed by atoms with van der Waals surface area (Å²) < 4.78 is 65.5. The summed E-state index contributed by atoms with van der Waals surface area (Å²) in [6.45, 7) is 1.64. The van der Waals surface area contributed by atoms with Gasteiger partial charge in [0.1, 0.15) is 0 Å². The Hall–Kier alpha value is -3.43. The normalized spacial score (nSPS) is 12.6. The fraction of sp³-hybridized carbons (Fsp3) is 0.200. The number of rotatable bonds is 4. The van der Waals surface area contributed by atoms with Crippen molar-refractivity contribution in [2.24, 2.45) is 0 Å². The van der Waals surface area contributed by atoms with Gasteiger partial charge in [-0.05, 0) is 30.2 Å². The second-order valence-corrected chi connectivity index (χ2v) is 6.53. The van der Waals surface area contributed by atoms with E-state index in [2.05, 4.69) is 15.6 Å². The van der Waals surface area contributed by atoms with E-state index < -0.39 is 41.2 Å². The van der Waals surface area contributed by atoms with Gasteiger partial charge in [-0.3, -0.25) is 9.59 Å². The molecule has 158 valence electrons. The summed E-state index contributed by atoms with van der Waals surface area (Å²) in [4.78, 5) is 27.1. The first kappa shape index (κ1) is 21.3. The second-order valence-electron chi connectivity index (χ2n) is 6.53. The smallest absolute Gasteiger partial charge is 0.359 e. The van der Waals surface area contributed by atoms with E-state index in [0.717, 1.165) is 24.3 Å². The van der Waals surface area contributed by atoms with Crippen LogP contribution in [-0.2, 0) is 15.8 Å². The Morgan fingerprint density at radius 1 is 1.07 bits per heavy atom. The molecule has 5 nitrogen and oxygen atoms in total. The zero-order chi connectivity index (χ0) is 22.1. The van der Waals surface area contributed by atoms with E-state index in [9.17, 15) is 31.5 Å². The number of aromatic amines is 1. The minimum atomic E-state index is -4.54. The van der Waals surface area contributed by atoms with Crippen molar-refractivity contribution in [3.05, 3.63) is 65.4 Å². The van der Waals surface area contributed by atoms with Gasteiger partial charge in [0.05, 0.1) is 22.8 Å². The average Bonchev–Trinajstić information content (AvgIpc) is 3.07. The van der Waals surface area contributed by atoms with Crippen molar-refractivity contribution in [1.29, 1.82) is 0 Å². The highest BCUT2D eigenvalue weighted by Crippen LogP contribution is 2.31. The van der Waals surface area contributed by atoms with E-state index in [1.165, 1.54) is 18.3 Å². The predicted octanol–water partition coefficient (Wildman–Crippen LogP) is 4.67. The molecule has 3 rings (SSSR count). The van der Waals surface area contributed by atoms with E-state index in [-0.39, 0.29) is 28.6 Å². The summed E-state index contributed by atoms with van der Waals surface area (Å²) in [6.07, 6.45) is -3.05. The van der Waals surface area contributed by atoms with E-state index in [4.69, 9.17) is 0 Å². The fourth-order valence-electron chi connectivity index (χ4n) is 2.98. The third kappa shape index (κ3) is 4.42. The van der Waals surface area contributed by atoms with Crippen LogP contribution in [0.4, 0.5) is 27.6 Å². The molecule has 10 heteroatoms. The van der Waals surface area contributed by atoms with Crippen LogP contribution in [-0.4, -0.2) is 16.8 Å². The summed E-state index contributed by atoms with van der Waals surface area (Å²) >= 11 is 0. The number of anilines is 1. The van der Waals surface area contributed by atoms with Crippen LogP contribution >= 0.6 is 0 Å². The average molecular weight is 425 g/mol. The molecule has 2 amide bonds. The number of amides is 2. The molecule has 2 aromatic carbocycles. The number of halogens is 5. The number of nitrogens with one attached hydrogen (secondary N) is 3. The molecule has 0 unspecified atom stereocenters. The van der Waals surface area contributed by atoms with Gasteiger partial charge in [0.25, 0.3) is 0 Å². The largest absolute Gasteiger partial charge is 0.416 e. The zero-order valence-corrected chi connectivity index (χ0v) is 15.5. The van der Waals surface area contributed by atoms with Crippen LogP contribution in [0.3, 0.4) is 0 Å². The molecule has 0 saturated carbocycles. The highest BCUT2D eigenvalue weighted by atomic mass is 19.4. The molecule has 30 heavy (non-hydrogen) atoms. The van der Waals surface area contributed by atoms with E-state index in [1.54, 1.807) is 6.92 Å². The number of carbonyl (C=O) groups excluding carboxylic acids is 2. The number of hydrogen-bond donors (Lipinski definition) is 3. The molecule has 0 saturated heterocycles. The molecule has 0 aliphatic heterocycles. The summed E-state index contributed by atoms with van der Waals surface area (Å²) in [5.41, 5.74) is -0.417. The van der Waals surface area contributed by atoms with Crippen LogP contribution in [0.5, 0.6) is 0 Å². The van der Waals surface area contributed by atoms with Crippen molar-refractivity contribution in [2.75, 3.05) is 5.32 Å². The van der Waals surface area contributed by atoms with Crippen LogP contribution in [0.25, 0.3) is 10.9 Å². The summed E-state index contributed by atoms with van der Waals surface area (Å²) in [7, 11) is 0. The lowest BCUT2D eigenvalue weighted by Crippen LogP contribution is -2.37. The Morgan fingerprint density at radius 3 is 2.43 bits per heavy atom. The van der Waals surface area contributed by atoms with Crippen LogP contribution in [0.1, 0.15) is 30.5 Å². The van der Waals surface area contributed by atoms with E-state index in [1.807, 2.05) is 0 Å². The van der Waals surface area contributed by atoms with Crippen molar-refractivity contribution >= 4 is 28.4 Å². The van der Waals surface area contributed by atoms with Gasteiger partial charge in [0.2, 0.25) is 0 Å². The Bertz CT molecular complexity index is 1110. The number of H-pyrrole nitrogens is 1. The molecular formula is C20H16F5N3O2. The molecular weight excluding hydrogens is 409 g/mol. The maximum Gasteiger partial charge on any atom is 0.416 e. The first-order valence-electron chi connectivity index (χ1n) is 8.85. The third-order valence-electron chi connectivity index (χ3n) is 4.51. The minimum absolute atomic E-state index is 0.0520. The lowest BCUT2D eigenvalue weighted by molar-refractivity contribution is -0.137. The number of fused-ring (bicyclic) bond motifs is 1. The minimum Gasteiger partial charge on any atom is -0.359 e. The van der Waals surface area contributed by atoms with Gasteiger partial charge in [0, 0.05) is 17.6 Å². The Morgan fingerprint density at radius 2 is 1.77 bits per heavy atom. The number of hydrogen-bond acceptors (Lipinski definition) is 2. The highest BCUT2D eigenvalue weighted by Gasteiger charge is 2.31. The standard InChI is InChI=1S/C20H16F5N3O2/c1-2-15(10-4-3-5-11(6-10)20(23,24)25)27-18(29)19(30)28-17-9-26-16-8-14(22)13(21)7-12(16)17/h3-9,15,26H,2H2,1H3,(H,27,29)(H,28,30)/t15-/m0/s1. The molecule has 3 N–H and O–H groups in total. The van der Waals surface area contributed by atoms with Crippen LogP contribution in [0.15, 0.2) is 42.6 Å². The van der Waals surface area contributed by atoms with E-state index >= 15 is 0 Å². The van der Waals surface area contributed by atoms with Crippen molar-refractivity contribution in [2.45, 2.75) is 25.6 Å². The van der Waals surface area contributed by atoms with Crippen molar-refractivity contribution in [3.63, 3.8) is 0 Å². The predicted molar refractivity (Wildman–Crippen MR) is 99.5 cm³/mol. The Balaban J connectivity index is 1.75. The van der Waals surface area contributed by atoms with Crippen molar-refractivity contribution in [1.82, 2.24) is 10.3 Å². The van der Waals surface area contributed by atoms with E-state index in [0.29, 0.717) is 0 Å². The quantitative estimate of drug-likeness (QED) is 0.420. The van der Waals surface area contributed by atoms with Gasteiger partial charge in [0.15, 0.2) is 11.6 Å². The SMILES string of the molecule is CC[C@H](NC(=O)C(=O)Nc1c[nH]c2cc(F)c(F)cc12)c1cccc(C(F)(F)F)c1. The molecule has 3 aromatic rings. The van der Waals surface area contributed by atoms with Crippen molar-refractivity contribution in [3.8, 4) is 0 Å². The van der Waals surface area contributed by atoms with Gasteiger partial charge >= 0.3 is 18.0 Å². The number of aromatic nitrogens is 1. The van der Waals surface area contributed by atoms with Crippen molar-refractivity contribution < 1.29 is 31.5 Å². The van der Waals surface area contributed by atoms with Crippen LogP contribution < -0.4 is 10.6 Å². The molecule has 0 spiro atoms. The fourth-order valence-corrected chi connectivity index (χ4v) is 2.98. The first-order valence-corrected chi connectivity index (χ1v) is 8.85. The topological polar surface area (TPSA) is 74.0 Å². The Kier molecular flexibility index (Phi) is 5.77. The van der Waals surface area contributed by atoms with Crippen LogP contribution in [0.2, 0.25) is 0 Å². The lowest BCUT2D eigenvalue weighted by Gasteiger charge is -2.18. The third-order valence-corrected chi connectivity index (χ3v) is 4.51. The molecule has 1 heterocycles. The Labute approximate surface area is 167 Å². The summed E-state index contributed by atoms with van der Waals surface area (Å²) in [6, 6.07) is 5.38. The molecule has 1 atom stereocenters. The number of alkyl halides is 3. The molecule has 0 radical (unpaired) electrons. The molecule has 0 bridgehead atoms. The maximum atomic E-state index is 13.5. The molecule has 0 aliphatic rings. The lowest BCUT2D eigenvalue weighted by atomic mass is 10.0. The first-order chi connectivity index (χ1) is 14.1. The number of carbonyl (C=O) groups is 2. The van der Waals surface area contributed by atoms with Gasteiger partial charge < -0.3 is 15.6 Å². The van der Waals surface area contributed by atoms with Gasteiger partial charge in [-0.2, -0.15) is 13.2 Å². The molecule has 0 fully saturated rings. The molecule has 0 aliphatic carbocycles. The van der Waals surface area contributed by atoms with Gasteiger partial charge in [-0.25, -0.2) is 8.78 Å². The molecule has 1 aromatic heterocycles. The zero-order valence-electron chi connectivity index (χ0n) is 15.5. The number of benzene rings is 2. The highest BCUT2D eigenvalue weighted by molar-refractivity contribution is 6.40. The second kappa shape index (κ2) is 8.13. The summed E-state index contributed by atoms with van der Waals surface area (Å²) in [5.74, 6) is -4.40. The van der Waals surface area contributed by atoms with Crippen LogP contribution in [0, 0.1) is 11.6 Å². The maximum absolute atomic E-state index is 13.5.